The summed E-state index contributed by atoms with van der Waals surface area (Å²) in [7, 11) is 0. The van der Waals surface area contributed by atoms with Crippen molar-refractivity contribution in [2.45, 2.75) is 26.7 Å². The van der Waals surface area contributed by atoms with Crippen molar-refractivity contribution < 1.29 is 0 Å². The molecule has 64 valence electrons. The van der Waals surface area contributed by atoms with Crippen molar-refractivity contribution in [3.8, 4) is 0 Å². The highest BCUT2D eigenvalue weighted by Crippen LogP contribution is 2.32. The Labute approximate surface area is 75.0 Å². The van der Waals surface area contributed by atoms with E-state index < -0.39 is 0 Å². The fourth-order valence-electron chi connectivity index (χ4n) is 1.38. The normalized spacial score (nSPS) is 22.5. The van der Waals surface area contributed by atoms with Gasteiger partial charge in [0.25, 0.3) is 0 Å². The van der Waals surface area contributed by atoms with E-state index in [9.17, 15) is 0 Å². The molecule has 0 heteroatoms. The molecule has 0 spiro atoms. The highest BCUT2D eigenvalue weighted by molar-refractivity contribution is 5.45. The predicted octanol–water partition coefficient (Wildman–Crippen LogP) is 3.79. The molecule has 0 aliphatic heterocycles. The number of allylic oxidation sites excluding steroid dienone is 6. The molecule has 0 radical (unpaired) electrons. The molecule has 1 aliphatic rings. The van der Waals surface area contributed by atoms with Crippen molar-refractivity contribution >= 4 is 0 Å². The van der Waals surface area contributed by atoms with E-state index in [0.717, 1.165) is 12.8 Å². The number of hydrogen-bond acceptors (Lipinski definition) is 0. The van der Waals surface area contributed by atoms with Crippen molar-refractivity contribution in [1.82, 2.24) is 0 Å². The molecule has 0 N–H and O–H groups in total. The maximum atomic E-state index is 4.02. The lowest BCUT2D eigenvalue weighted by Crippen LogP contribution is -1.77. The van der Waals surface area contributed by atoms with Crippen molar-refractivity contribution in [3.05, 3.63) is 47.6 Å². The molecule has 0 saturated heterocycles. The van der Waals surface area contributed by atoms with Gasteiger partial charge in [-0.05, 0) is 37.8 Å². The van der Waals surface area contributed by atoms with Gasteiger partial charge in [-0.2, -0.15) is 0 Å². The smallest absolute Gasteiger partial charge is 0.00638 e. The molecule has 0 aromatic heterocycles. The largest absolute Gasteiger partial charge is 0.0992 e. The standard InChI is InChI=1S/C12H16/c1-5-9(2)7-12-8-10(3)6-11(12)4/h5,7H,3-4,6,8H2,1-2H3/b9-5-,12-7-. The zero-order valence-corrected chi connectivity index (χ0v) is 7.98. The van der Waals surface area contributed by atoms with Crippen LogP contribution in [0.5, 0.6) is 0 Å². The van der Waals surface area contributed by atoms with E-state index >= 15 is 0 Å². The Morgan fingerprint density at radius 3 is 2.42 bits per heavy atom. The fraction of sp³-hybridized carbons (Fsp3) is 0.333. The molecule has 1 fully saturated rings. The summed E-state index contributed by atoms with van der Waals surface area (Å²) >= 11 is 0. The predicted molar refractivity (Wildman–Crippen MR) is 55.0 cm³/mol. The molecule has 0 nitrogen and oxygen atoms in total. The molecule has 1 saturated carbocycles. The summed E-state index contributed by atoms with van der Waals surface area (Å²) in [5, 5.41) is 0. The average Bonchev–Trinajstić information content (AvgIpc) is 2.30. The van der Waals surface area contributed by atoms with Crippen molar-refractivity contribution in [3.63, 3.8) is 0 Å². The minimum absolute atomic E-state index is 0.989. The second kappa shape index (κ2) is 3.57. The topological polar surface area (TPSA) is 0 Å². The summed E-state index contributed by atoms with van der Waals surface area (Å²) in [5.74, 6) is 0. The summed E-state index contributed by atoms with van der Waals surface area (Å²) in [4.78, 5) is 0. The lowest BCUT2D eigenvalue weighted by atomic mass is 10.1. The van der Waals surface area contributed by atoms with E-state index in [4.69, 9.17) is 0 Å². The van der Waals surface area contributed by atoms with Gasteiger partial charge in [-0.15, -0.1) is 0 Å². The third kappa shape index (κ3) is 1.97. The first-order valence-electron chi connectivity index (χ1n) is 4.31. The molecule has 0 amide bonds. The SMILES string of the molecule is C=C1CC(=C)/C(=C\C(C)=C/C)C1. The van der Waals surface area contributed by atoms with E-state index in [0.29, 0.717) is 0 Å². The van der Waals surface area contributed by atoms with Gasteiger partial charge < -0.3 is 0 Å². The van der Waals surface area contributed by atoms with E-state index in [1.165, 1.54) is 22.3 Å². The average molecular weight is 160 g/mol. The highest BCUT2D eigenvalue weighted by atomic mass is 14.2. The second-order valence-corrected chi connectivity index (χ2v) is 3.41. The third-order valence-electron chi connectivity index (χ3n) is 2.22. The monoisotopic (exact) mass is 160 g/mol. The molecule has 0 unspecified atom stereocenters. The van der Waals surface area contributed by atoms with Crippen LogP contribution in [0.4, 0.5) is 0 Å². The molecule has 0 aromatic rings. The van der Waals surface area contributed by atoms with Crippen LogP contribution in [-0.2, 0) is 0 Å². The van der Waals surface area contributed by atoms with Gasteiger partial charge in [0.15, 0.2) is 0 Å². The Balaban J connectivity index is 2.83. The van der Waals surface area contributed by atoms with E-state index in [2.05, 4.69) is 39.2 Å². The van der Waals surface area contributed by atoms with Gasteiger partial charge in [0.1, 0.15) is 0 Å². The zero-order valence-electron chi connectivity index (χ0n) is 7.98. The van der Waals surface area contributed by atoms with Gasteiger partial charge in [0.2, 0.25) is 0 Å². The Hall–Kier alpha value is -1.04. The summed E-state index contributed by atoms with van der Waals surface area (Å²) in [6, 6.07) is 0. The van der Waals surface area contributed by atoms with E-state index in [1.54, 1.807) is 0 Å². The molecular weight excluding hydrogens is 144 g/mol. The van der Waals surface area contributed by atoms with Crippen LogP contribution in [0, 0.1) is 0 Å². The molecule has 0 atom stereocenters. The molecular formula is C12H16. The summed E-state index contributed by atoms with van der Waals surface area (Å²) < 4.78 is 0. The zero-order chi connectivity index (χ0) is 9.14. The molecule has 0 bridgehead atoms. The van der Waals surface area contributed by atoms with E-state index in [-0.39, 0.29) is 0 Å². The molecule has 12 heavy (non-hydrogen) atoms. The summed E-state index contributed by atoms with van der Waals surface area (Å²) in [6.45, 7) is 12.2. The summed E-state index contributed by atoms with van der Waals surface area (Å²) in [6.07, 6.45) is 6.33. The van der Waals surface area contributed by atoms with Gasteiger partial charge in [0.05, 0.1) is 0 Å². The van der Waals surface area contributed by atoms with Crippen LogP contribution in [0.3, 0.4) is 0 Å². The Morgan fingerprint density at radius 1 is 1.33 bits per heavy atom. The first-order valence-corrected chi connectivity index (χ1v) is 4.31. The molecule has 0 heterocycles. The van der Waals surface area contributed by atoms with Crippen LogP contribution >= 0.6 is 0 Å². The molecule has 0 aromatic carbocycles. The number of hydrogen-bond donors (Lipinski definition) is 0. The van der Waals surface area contributed by atoms with Crippen LogP contribution in [0.25, 0.3) is 0 Å². The fourth-order valence-corrected chi connectivity index (χ4v) is 1.38. The van der Waals surface area contributed by atoms with Gasteiger partial charge in [-0.1, -0.05) is 36.5 Å². The van der Waals surface area contributed by atoms with E-state index in [1.807, 2.05) is 0 Å². The van der Waals surface area contributed by atoms with Gasteiger partial charge in [-0.3, -0.25) is 0 Å². The van der Waals surface area contributed by atoms with Crippen LogP contribution in [0.2, 0.25) is 0 Å². The highest BCUT2D eigenvalue weighted by Gasteiger charge is 2.13. The maximum Gasteiger partial charge on any atom is -0.00638 e. The van der Waals surface area contributed by atoms with Gasteiger partial charge in [-0.25, -0.2) is 0 Å². The van der Waals surface area contributed by atoms with Crippen LogP contribution in [-0.4, -0.2) is 0 Å². The first kappa shape index (κ1) is 9.05. The van der Waals surface area contributed by atoms with Gasteiger partial charge >= 0.3 is 0 Å². The van der Waals surface area contributed by atoms with Crippen LogP contribution in [0.1, 0.15) is 26.7 Å². The third-order valence-corrected chi connectivity index (χ3v) is 2.22. The van der Waals surface area contributed by atoms with Crippen LogP contribution < -0.4 is 0 Å². The van der Waals surface area contributed by atoms with Gasteiger partial charge in [0, 0.05) is 0 Å². The lowest BCUT2D eigenvalue weighted by molar-refractivity contribution is 1.21. The summed E-state index contributed by atoms with van der Waals surface area (Å²) in [5.41, 5.74) is 5.19. The molecule has 1 rings (SSSR count). The van der Waals surface area contributed by atoms with Crippen molar-refractivity contribution in [1.29, 1.82) is 0 Å². The Bertz CT molecular complexity index is 274. The Kier molecular flexibility index (Phi) is 2.69. The lowest BCUT2D eigenvalue weighted by Gasteiger charge is -1.97. The minimum atomic E-state index is 0.989. The van der Waals surface area contributed by atoms with Crippen molar-refractivity contribution in [2.75, 3.05) is 0 Å². The Morgan fingerprint density at radius 2 is 2.00 bits per heavy atom. The quantitative estimate of drug-likeness (QED) is 0.512. The minimum Gasteiger partial charge on any atom is -0.0992 e. The second-order valence-electron chi connectivity index (χ2n) is 3.41. The van der Waals surface area contributed by atoms with Crippen molar-refractivity contribution in [2.24, 2.45) is 0 Å². The molecule has 1 aliphatic carbocycles. The first-order chi connectivity index (χ1) is 5.63. The maximum absolute atomic E-state index is 4.02. The van der Waals surface area contributed by atoms with Crippen LogP contribution in [0.15, 0.2) is 47.6 Å². The number of rotatable bonds is 1.